The molecule has 1 saturated heterocycles. The number of carbonyl (C=O) groups is 1. The average molecular weight is 188 g/mol. The van der Waals surface area contributed by atoms with Gasteiger partial charge in [-0.15, -0.1) is 0 Å². The molecule has 2 N–H and O–H groups in total. The molecule has 0 saturated carbocycles. The molecule has 0 aromatic rings. The van der Waals surface area contributed by atoms with Crippen LogP contribution in [-0.2, 0) is 0 Å². The zero-order valence-corrected chi connectivity index (χ0v) is 7.65. The fraction of sp³-hybridized carbons (Fsp3) is 0.875. The van der Waals surface area contributed by atoms with E-state index in [1.54, 1.807) is 0 Å². The van der Waals surface area contributed by atoms with Crippen LogP contribution >= 0.6 is 0 Å². The van der Waals surface area contributed by atoms with Crippen LogP contribution in [0, 0.1) is 0 Å². The zero-order valence-electron chi connectivity index (χ0n) is 7.65. The SMILES string of the molecule is O=C(O)N1CCN(CCCO)CC1. The first-order valence-corrected chi connectivity index (χ1v) is 4.55. The Morgan fingerprint density at radius 2 is 1.85 bits per heavy atom. The Bertz CT molecular complexity index is 167. The molecule has 1 fully saturated rings. The quantitative estimate of drug-likeness (QED) is 0.636. The lowest BCUT2D eigenvalue weighted by molar-refractivity contribution is 0.102. The summed E-state index contributed by atoms with van der Waals surface area (Å²) >= 11 is 0. The molecule has 1 heterocycles. The highest BCUT2D eigenvalue weighted by molar-refractivity contribution is 5.65. The zero-order chi connectivity index (χ0) is 9.68. The van der Waals surface area contributed by atoms with E-state index in [2.05, 4.69) is 4.90 Å². The third-order valence-corrected chi connectivity index (χ3v) is 2.28. The highest BCUT2D eigenvalue weighted by Gasteiger charge is 2.19. The topological polar surface area (TPSA) is 64.0 Å². The van der Waals surface area contributed by atoms with Crippen molar-refractivity contribution in [1.82, 2.24) is 9.80 Å². The molecule has 5 heteroatoms. The molecule has 1 rings (SSSR count). The van der Waals surface area contributed by atoms with Gasteiger partial charge in [-0.2, -0.15) is 0 Å². The summed E-state index contributed by atoms with van der Waals surface area (Å²) in [6.07, 6.45) is -0.0608. The smallest absolute Gasteiger partial charge is 0.407 e. The number of rotatable bonds is 3. The lowest BCUT2D eigenvalue weighted by Gasteiger charge is -2.32. The monoisotopic (exact) mass is 188 g/mol. The lowest BCUT2D eigenvalue weighted by atomic mass is 10.3. The summed E-state index contributed by atoms with van der Waals surface area (Å²) in [6, 6.07) is 0. The normalized spacial score (nSPS) is 19.0. The number of amides is 1. The van der Waals surface area contributed by atoms with Crippen molar-refractivity contribution in [2.24, 2.45) is 0 Å². The van der Waals surface area contributed by atoms with E-state index < -0.39 is 6.09 Å². The van der Waals surface area contributed by atoms with E-state index in [1.165, 1.54) is 4.90 Å². The van der Waals surface area contributed by atoms with Crippen molar-refractivity contribution in [2.45, 2.75) is 6.42 Å². The van der Waals surface area contributed by atoms with Gasteiger partial charge >= 0.3 is 6.09 Å². The van der Waals surface area contributed by atoms with E-state index >= 15 is 0 Å². The molecule has 0 spiro atoms. The predicted octanol–water partition coefficient (Wildman–Crippen LogP) is -0.336. The molecule has 0 bridgehead atoms. The average Bonchev–Trinajstić information content (AvgIpc) is 2.15. The molecule has 0 atom stereocenters. The standard InChI is InChI=1S/C8H16N2O3/c11-7-1-2-9-3-5-10(6-4-9)8(12)13/h11H,1-7H2,(H,12,13). The summed E-state index contributed by atoms with van der Waals surface area (Å²) < 4.78 is 0. The minimum atomic E-state index is -0.832. The van der Waals surface area contributed by atoms with E-state index in [9.17, 15) is 4.79 Å². The summed E-state index contributed by atoms with van der Waals surface area (Å²) in [4.78, 5) is 14.1. The highest BCUT2D eigenvalue weighted by Crippen LogP contribution is 2.02. The van der Waals surface area contributed by atoms with Crippen LogP contribution in [0.5, 0.6) is 0 Å². The van der Waals surface area contributed by atoms with Crippen LogP contribution in [0.15, 0.2) is 0 Å². The van der Waals surface area contributed by atoms with Crippen LogP contribution in [0.2, 0.25) is 0 Å². The van der Waals surface area contributed by atoms with E-state index in [-0.39, 0.29) is 6.61 Å². The van der Waals surface area contributed by atoms with Gasteiger partial charge in [0.15, 0.2) is 0 Å². The first-order valence-electron chi connectivity index (χ1n) is 4.55. The summed E-state index contributed by atoms with van der Waals surface area (Å²) in [6.45, 7) is 3.81. The Morgan fingerprint density at radius 3 is 2.31 bits per heavy atom. The molecule has 0 radical (unpaired) electrons. The second kappa shape index (κ2) is 5.04. The lowest BCUT2D eigenvalue weighted by Crippen LogP contribution is -2.48. The fourth-order valence-electron chi connectivity index (χ4n) is 1.46. The van der Waals surface area contributed by atoms with Gasteiger partial charge in [0.25, 0.3) is 0 Å². The number of nitrogens with zero attached hydrogens (tertiary/aromatic N) is 2. The number of hydrogen-bond donors (Lipinski definition) is 2. The molecule has 76 valence electrons. The number of hydrogen-bond acceptors (Lipinski definition) is 3. The summed E-state index contributed by atoms with van der Waals surface area (Å²) in [7, 11) is 0. The second-order valence-electron chi connectivity index (χ2n) is 3.19. The molecule has 5 nitrogen and oxygen atoms in total. The summed E-state index contributed by atoms with van der Waals surface area (Å²) in [5.41, 5.74) is 0. The number of aliphatic hydroxyl groups excluding tert-OH is 1. The Morgan fingerprint density at radius 1 is 1.23 bits per heavy atom. The van der Waals surface area contributed by atoms with Crippen molar-refractivity contribution in [3.63, 3.8) is 0 Å². The molecular weight excluding hydrogens is 172 g/mol. The van der Waals surface area contributed by atoms with Gasteiger partial charge in [0.2, 0.25) is 0 Å². The van der Waals surface area contributed by atoms with Crippen molar-refractivity contribution in [3.05, 3.63) is 0 Å². The minimum Gasteiger partial charge on any atom is -0.465 e. The maximum Gasteiger partial charge on any atom is 0.407 e. The molecule has 0 aromatic heterocycles. The van der Waals surface area contributed by atoms with E-state index in [0.29, 0.717) is 13.1 Å². The van der Waals surface area contributed by atoms with Crippen LogP contribution in [0.3, 0.4) is 0 Å². The van der Waals surface area contributed by atoms with E-state index in [0.717, 1.165) is 26.1 Å². The van der Waals surface area contributed by atoms with Crippen molar-refractivity contribution >= 4 is 6.09 Å². The van der Waals surface area contributed by atoms with Gasteiger partial charge in [0.05, 0.1) is 0 Å². The molecule has 0 unspecified atom stereocenters. The van der Waals surface area contributed by atoms with Crippen LogP contribution in [0.4, 0.5) is 4.79 Å². The third-order valence-electron chi connectivity index (χ3n) is 2.28. The van der Waals surface area contributed by atoms with E-state index in [4.69, 9.17) is 10.2 Å². The van der Waals surface area contributed by atoms with Crippen molar-refractivity contribution in [2.75, 3.05) is 39.3 Å². The van der Waals surface area contributed by atoms with Crippen molar-refractivity contribution in [3.8, 4) is 0 Å². The van der Waals surface area contributed by atoms with Gasteiger partial charge in [-0.1, -0.05) is 0 Å². The van der Waals surface area contributed by atoms with Gasteiger partial charge in [-0.3, -0.25) is 4.90 Å². The summed E-state index contributed by atoms with van der Waals surface area (Å²) in [5.74, 6) is 0. The molecular formula is C8H16N2O3. The van der Waals surface area contributed by atoms with Crippen molar-refractivity contribution in [1.29, 1.82) is 0 Å². The Kier molecular flexibility index (Phi) is 3.98. The second-order valence-corrected chi connectivity index (χ2v) is 3.19. The number of carboxylic acid groups (broad SMARTS) is 1. The van der Waals surface area contributed by atoms with Gasteiger partial charge in [-0.05, 0) is 6.42 Å². The van der Waals surface area contributed by atoms with Gasteiger partial charge in [0, 0.05) is 39.3 Å². The number of piperazine rings is 1. The first kappa shape index (κ1) is 10.3. The largest absolute Gasteiger partial charge is 0.465 e. The van der Waals surface area contributed by atoms with Crippen LogP contribution in [0.1, 0.15) is 6.42 Å². The van der Waals surface area contributed by atoms with Crippen LogP contribution in [-0.4, -0.2) is 65.4 Å². The molecule has 1 aliphatic rings. The maximum absolute atomic E-state index is 10.5. The van der Waals surface area contributed by atoms with Gasteiger partial charge < -0.3 is 15.1 Å². The minimum absolute atomic E-state index is 0.207. The van der Waals surface area contributed by atoms with Crippen molar-refractivity contribution < 1.29 is 15.0 Å². The predicted molar refractivity (Wildman–Crippen MR) is 47.7 cm³/mol. The van der Waals surface area contributed by atoms with Gasteiger partial charge in [0.1, 0.15) is 0 Å². The highest BCUT2D eigenvalue weighted by atomic mass is 16.4. The first-order chi connectivity index (χ1) is 6.24. The van der Waals surface area contributed by atoms with Gasteiger partial charge in [-0.25, -0.2) is 4.79 Å². The Hall–Kier alpha value is -0.810. The molecule has 0 aliphatic carbocycles. The van der Waals surface area contributed by atoms with E-state index in [1.807, 2.05) is 0 Å². The van der Waals surface area contributed by atoms with Crippen LogP contribution in [0.25, 0.3) is 0 Å². The molecule has 13 heavy (non-hydrogen) atoms. The molecule has 1 amide bonds. The van der Waals surface area contributed by atoms with Crippen LogP contribution < -0.4 is 0 Å². The Labute approximate surface area is 77.6 Å². The molecule has 0 aromatic carbocycles. The number of aliphatic hydroxyl groups is 1. The Balaban J connectivity index is 2.18. The molecule has 1 aliphatic heterocycles. The maximum atomic E-state index is 10.5. The summed E-state index contributed by atoms with van der Waals surface area (Å²) in [5, 5.41) is 17.3. The third kappa shape index (κ3) is 3.20. The fourth-order valence-corrected chi connectivity index (χ4v) is 1.46.